The fraction of sp³-hybridized carbons (Fsp3) is 0.148. The summed E-state index contributed by atoms with van der Waals surface area (Å²) in [5, 5.41) is 7.09. The van der Waals surface area contributed by atoms with Crippen molar-refractivity contribution in [1.82, 2.24) is 19.2 Å². The standard InChI is InChI=1S/C27H19F3N4O3S/c1-17-10-12-19(13-11-17)21-7-4-3-6-20(21)16-38(36,37)26-32-31-24-25(35)33(14-15-34(24)26)23-9-5-8-22(18(23)2)27(28,29)30/h3-4,6-7,9-15H,16H2,1-2H3. The Bertz CT molecular complexity index is 1840. The van der Waals surface area contributed by atoms with E-state index < -0.39 is 38.0 Å². The van der Waals surface area contributed by atoms with Gasteiger partial charge in [0, 0.05) is 18.5 Å². The first-order valence-electron chi connectivity index (χ1n) is 11.3. The molecule has 0 aliphatic heterocycles. The zero-order valence-electron chi connectivity index (χ0n) is 20.1. The highest BCUT2D eigenvalue weighted by Crippen LogP contribution is 2.32. The van der Waals surface area contributed by atoms with Crippen LogP contribution in [-0.2, 0) is 21.8 Å². The zero-order chi connectivity index (χ0) is 27.2. The van der Waals surface area contributed by atoms with Crippen molar-refractivity contribution in [3.63, 3.8) is 0 Å². The predicted molar refractivity (Wildman–Crippen MR) is 133 cm³/mol. The van der Waals surface area contributed by atoms with E-state index in [9.17, 15) is 26.4 Å². The molecule has 0 saturated heterocycles. The number of nitrogens with zero attached hydrogens (tertiary/aromatic N) is 4. The lowest BCUT2D eigenvalue weighted by atomic mass is 10.00. The monoisotopic (exact) mass is 536 g/mol. The molecule has 5 aromatic rings. The molecule has 0 N–H and O–H groups in total. The number of alkyl halides is 3. The average molecular weight is 537 g/mol. The van der Waals surface area contributed by atoms with E-state index in [4.69, 9.17) is 0 Å². The number of rotatable bonds is 5. The molecule has 0 fully saturated rings. The Kier molecular flexibility index (Phi) is 6.07. The summed E-state index contributed by atoms with van der Waals surface area (Å²) in [6.07, 6.45) is -2.28. The lowest BCUT2D eigenvalue weighted by Crippen LogP contribution is -2.22. The summed E-state index contributed by atoms with van der Waals surface area (Å²) in [5.41, 5.74) is 0.630. The minimum Gasteiger partial charge on any atom is -0.279 e. The summed E-state index contributed by atoms with van der Waals surface area (Å²) >= 11 is 0. The molecule has 192 valence electrons. The number of halogens is 3. The molecule has 0 bridgehead atoms. The van der Waals surface area contributed by atoms with E-state index in [1.54, 1.807) is 12.1 Å². The normalized spacial score (nSPS) is 12.0. The van der Waals surface area contributed by atoms with Crippen molar-refractivity contribution in [2.24, 2.45) is 0 Å². The first-order chi connectivity index (χ1) is 18.0. The topological polar surface area (TPSA) is 86.3 Å². The van der Waals surface area contributed by atoms with Gasteiger partial charge in [-0.05, 0) is 36.1 Å². The van der Waals surface area contributed by atoms with Crippen LogP contribution in [0.25, 0.3) is 22.5 Å². The van der Waals surface area contributed by atoms with Gasteiger partial charge in [-0.25, -0.2) is 8.42 Å². The van der Waals surface area contributed by atoms with Crippen molar-refractivity contribution in [3.05, 3.63) is 112 Å². The van der Waals surface area contributed by atoms with Crippen LogP contribution >= 0.6 is 0 Å². The van der Waals surface area contributed by atoms with E-state index >= 15 is 0 Å². The molecule has 0 aliphatic rings. The van der Waals surface area contributed by atoms with Crippen LogP contribution in [0.1, 0.15) is 22.3 Å². The molecule has 0 unspecified atom stereocenters. The first kappa shape index (κ1) is 25.2. The summed E-state index contributed by atoms with van der Waals surface area (Å²) in [6.45, 7) is 3.17. The fourth-order valence-corrected chi connectivity index (χ4v) is 5.64. The summed E-state index contributed by atoms with van der Waals surface area (Å²) < 4.78 is 68.8. The number of aryl methyl sites for hydroxylation is 1. The van der Waals surface area contributed by atoms with Crippen LogP contribution in [0, 0.1) is 26.0 Å². The largest absolute Gasteiger partial charge is 0.424 e. The summed E-state index contributed by atoms with van der Waals surface area (Å²) in [6, 6.07) is 20.2. The molecule has 0 saturated carbocycles. The van der Waals surface area contributed by atoms with Gasteiger partial charge in [-0.3, -0.25) is 13.8 Å². The SMILES string of the molecule is Cc1ccc(-c2ccccc2CS(=O)(=O)c2nnc3c(=O)n(-c4cc#cc(C(F)(F)F)c4C)ccn23)cc1. The third kappa shape index (κ3) is 4.43. The molecule has 38 heavy (non-hydrogen) atoms. The Morgan fingerprint density at radius 1 is 0.974 bits per heavy atom. The van der Waals surface area contributed by atoms with Gasteiger partial charge in [0.15, 0.2) is 0 Å². The van der Waals surface area contributed by atoms with Gasteiger partial charge in [-0.15, -0.1) is 10.2 Å². The van der Waals surface area contributed by atoms with Crippen LogP contribution in [0.5, 0.6) is 0 Å². The lowest BCUT2D eigenvalue weighted by Gasteiger charge is -2.13. The Balaban J connectivity index is 1.56. The number of benzene rings is 2. The number of aromatic nitrogens is 4. The highest BCUT2D eigenvalue weighted by atomic mass is 32.2. The van der Waals surface area contributed by atoms with E-state index in [1.165, 1.54) is 25.4 Å². The number of fused-ring (bicyclic) bond motifs is 1. The maximum atomic E-state index is 13.4. The maximum Gasteiger partial charge on any atom is 0.424 e. The van der Waals surface area contributed by atoms with Crippen molar-refractivity contribution in [2.75, 3.05) is 0 Å². The van der Waals surface area contributed by atoms with Crippen LogP contribution in [0.2, 0.25) is 0 Å². The second kappa shape index (κ2) is 9.15. The van der Waals surface area contributed by atoms with Crippen LogP contribution in [0.3, 0.4) is 0 Å². The van der Waals surface area contributed by atoms with Crippen LogP contribution in [-0.4, -0.2) is 27.6 Å². The Morgan fingerprint density at radius 3 is 2.39 bits per heavy atom. The molecule has 2 aromatic heterocycles. The lowest BCUT2D eigenvalue weighted by molar-refractivity contribution is -0.138. The molecule has 0 amide bonds. The molecule has 11 heteroatoms. The minimum atomic E-state index is -4.69. The molecule has 3 aromatic carbocycles. The van der Waals surface area contributed by atoms with Crippen LogP contribution in [0.15, 0.2) is 76.9 Å². The van der Waals surface area contributed by atoms with Gasteiger partial charge in [0.2, 0.25) is 15.5 Å². The molecule has 0 radical (unpaired) electrons. The molecular weight excluding hydrogens is 517 g/mol. The van der Waals surface area contributed by atoms with Crippen LogP contribution in [0.4, 0.5) is 13.2 Å². The zero-order valence-corrected chi connectivity index (χ0v) is 20.9. The van der Waals surface area contributed by atoms with Gasteiger partial charge in [0.05, 0.1) is 11.4 Å². The quantitative estimate of drug-likeness (QED) is 0.324. The van der Waals surface area contributed by atoms with E-state index in [-0.39, 0.29) is 16.9 Å². The second-order valence-corrected chi connectivity index (χ2v) is 10.6. The fourth-order valence-electron chi connectivity index (χ4n) is 4.24. The Morgan fingerprint density at radius 2 is 1.68 bits per heavy atom. The van der Waals surface area contributed by atoms with Crippen molar-refractivity contribution >= 4 is 15.5 Å². The van der Waals surface area contributed by atoms with E-state index in [0.717, 1.165) is 25.7 Å². The third-order valence-corrected chi connectivity index (χ3v) is 7.68. The molecular formula is C27H19F3N4O3S. The molecule has 2 heterocycles. The molecule has 5 rings (SSSR count). The minimum absolute atomic E-state index is 0.0805. The van der Waals surface area contributed by atoms with Gasteiger partial charge in [-0.1, -0.05) is 66.2 Å². The van der Waals surface area contributed by atoms with Gasteiger partial charge in [0.1, 0.15) is 5.56 Å². The Labute approximate surface area is 215 Å². The van der Waals surface area contributed by atoms with Gasteiger partial charge >= 0.3 is 11.7 Å². The van der Waals surface area contributed by atoms with Crippen molar-refractivity contribution < 1.29 is 21.6 Å². The van der Waals surface area contributed by atoms with Crippen molar-refractivity contribution in [2.45, 2.75) is 30.9 Å². The molecule has 0 aliphatic carbocycles. The predicted octanol–water partition coefficient (Wildman–Crippen LogP) is 4.76. The van der Waals surface area contributed by atoms with Crippen LogP contribution < -0.4 is 5.56 Å². The second-order valence-electron chi connectivity index (χ2n) is 8.73. The van der Waals surface area contributed by atoms with E-state index in [0.29, 0.717) is 5.56 Å². The summed E-state index contributed by atoms with van der Waals surface area (Å²) in [4.78, 5) is 13.1. The number of sulfone groups is 1. The highest BCUT2D eigenvalue weighted by molar-refractivity contribution is 7.90. The first-order valence-corrected chi connectivity index (χ1v) is 13.0. The van der Waals surface area contributed by atoms with Gasteiger partial charge in [0.25, 0.3) is 5.16 Å². The van der Waals surface area contributed by atoms with E-state index in [1.807, 2.05) is 49.4 Å². The van der Waals surface area contributed by atoms with E-state index in [2.05, 4.69) is 16.3 Å². The highest BCUT2D eigenvalue weighted by Gasteiger charge is 2.34. The van der Waals surface area contributed by atoms with Gasteiger partial charge in [-0.2, -0.15) is 13.2 Å². The molecule has 0 atom stereocenters. The number of hydrogen-bond donors (Lipinski definition) is 0. The smallest absolute Gasteiger partial charge is 0.279 e. The van der Waals surface area contributed by atoms with Crippen molar-refractivity contribution in [3.8, 4) is 16.8 Å². The van der Waals surface area contributed by atoms with Crippen molar-refractivity contribution in [1.29, 1.82) is 0 Å². The molecule has 0 spiro atoms. The summed E-state index contributed by atoms with van der Waals surface area (Å²) in [7, 11) is -4.08. The summed E-state index contributed by atoms with van der Waals surface area (Å²) in [5.74, 6) is -0.404. The third-order valence-electron chi connectivity index (χ3n) is 6.15. The maximum absolute atomic E-state index is 13.4. The average Bonchev–Trinajstić information content (AvgIpc) is 3.31. The Hall–Kier alpha value is -4.43. The molecule has 7 nitrogen and oxygen atoms in total. The van der Waals surface area contributed by atoms with Gasteiger partial charge < -0.3 is 0 Å². The number of hydrogen-bond acceptors (Lipinski definition) is 5.